The molecule has 1 N–H and O–H groups in total. The number of nitrogens with one attached hydrogen (secondary N) is 1. The van der Waals surface area contributed by atoms with Crippen LogP contribution in [0.25, 0.3) is 0 Å². The fraction of sp³-hybridized carbons (Fsp3) is 0.647. The summed E-state index contributed by atoms with van der Waals surface area (Å²) >= 11 is 0. The molecule has 1 aliphatic heterocycles. The SMILES string of the molecule is C=CCO[C@H]1C=C(C(=O)OC)O[C@@H](OC(CC)CC)[C@@H]1NC(C)=O. The molecule has 0 aliphatic carbocycles. The van der Waals surface area contributed by atoms with Crippen molar-refractivity contribution in [2.75, 3.05) is 13.7 Å². The molecule has 0 saturated heterocycles. The number of ether oxygens (including phenoxy) is 4. The molecule has 0 unspecified atom stereocenters. The van der Waals surface area contributed by atoms with Gasteiger partial charge in [0.15, 0.2) is 0 Å². The van der Waals surface area contributed by atoms with E-state index in [9.17, 15) is 9.59 Å². The van der Waals surface area contributed by atoms with Gasteiger partial charge in [-0.25, -0.2) is 4.79 Å². The van der Waals surface area contributed by atoms with Gasteiger partial charge in [-0.1, -0.05) is 19.9 Å². The Kier molecular flexibility index (Phi) is 8.49. The van der Waals surface area contributed by atoms with Crippen LogP contribution in [-0.2, 0) is 28.5 Å². The monoisotopic (exact) mass is 341 g/mol. The van der Waals surface area contributed by atoms with Crippen LogP contribution in [0.15, 0.2) is 24.5 Å². The Hall–Kier alpha value is -1.86. The van der Waals surface area contributed by atoms with Crippen LogP contribution < -0.4 is 5.32 Å². The molecule has 7 nitrogen and oxygen atoms in total. The van der Waals surface area contributed by atoms with Gasteiger partial charge in [0.2, 0.25) is 18.0 Å². The predicted octanol–water partition coefficient (Wildman–Crippen LogP) is 1.68. The van der Waals surface area contributed by atoms with E-state index < -0.39 is 24.4 Å². The van der Waals surface area contributed by atoms with E-state index in [1.807, 2.05) is 13.8 Å². The van der Waals surface area contributed by atoms with Gasteiger partial charge in [-0.2, -0.15) is 0 Å². The van der Waals surface area contributed by atoms with Crippen LogP contribution in [0.1, 0.15) is 33.6 Å². The zero-order chi connectivity index (χ0) is 18.1. The number of methoxy groups -OCH3 is 1. The summed E-state index contributed by atoms with van der Waals surface area (Å²) in [6, 6.07) is -0.587. The maximum Gasteiger partial charge on any atom is 0.373 e. The Morgan fingerprint density at radius 1 is 1.42 bits per heavy atom. The van der Waals surface area contributed by atoms with Gasteiger partial charge in [0.05, 0.1) is 19.8 Å². The van der Waals surface area contributed by atoms with Crippen LogP contribution in [0.5, 0.6) is 0 Å². The van der Waals surface area contributed by atoms with E-state index in [0.717, 1.165) is 12.8 Å². The van der Waals surface area contributed by atoms with Gasteiger partial charge in [0.25, 0.3) is 0 Å². The molecule has 0 aromatic heterocycles. The first-order chi connectivity index (χ1) is 11.5. The number of carbonyl (C=O) groups excluding carboxylic acids is 2. The van der Waals surface area contributed by atoms with Crippen molar-refractivity contribution < 1.29 is 28.5 Å². The second-order valence-electron chi connectivity index (χ2n) is 5.40. The summed E-state index contributed by atoms with van der Waals surface area (Å²) in [7, 11) is 1.27. The highest BCUT2D eigenvalue weighted by atomic mass is 16.7. The summed E-state index contributed by atoms with van der Waals surface area (Å²) in [4.78, 5) is 23.4. The lowest BCUT2D eigenvalue weighted by atomic mass is 10.1. The first-order valence-electron chi connectivity index (χ1n) is 8.08. The van der Waals surface area contributed by atoms with Crippen molar-refractivity contribution in [1.82, 2.24) is 5.32 Å². The molecule has 0 saturated carbocycles. The lowest BCUT2D eigenvalue weighted by Gasteiger charge is -2.37. The molecular weight excluding hydrogens is 314 g/mol. The van der Waals surface area contributed by atoms with Crippen LogP contribution in [-0.4, -0.2) is 50.1 Å². The maximum absolute atomic E-state index is 11.9. The number of amides is 1. The number of rotatable bonds is 9. The third kappa shape index (κ3) is 5.65. The third-order valence-corrected chi connectivity index (χ3v) is 3.61. The van der Waals surface area contributed by atoms with Crippen molar-refractivity contribution in [3.63, 3.8) is 0 Å². The van der Waals surface area contributed by atoms with E-state index in [-0.39, 0.29) is 24.4 Å². The van der Waals surface area contributed by atoms with E-state index in [4.69, 9.17) is 18.9 Å². The van der Waals surface area contributed by atoms with Crippen molar-refractivity contribution in [1.29, 1.82) is 0 Å². The molecule has 136 valence electrons. The standard InChI is InChI=1S/C17H27NO6/c1-6-9-22-13-10-14(16(20)21-5)24-17(15(13)18-11(4)19)23-12(7-2)8-3/h6,10,12-13,15,17H,1,7-9H2,2-5H3,(H,18,19)/t13-,15+,17+/m0/s1. The molecule has 24 heavy (non-hydrogen) atoms. The van der Waals surface area contributed by atoms with E-state index in [0.29, 0.717) is 0 Å². The van der Waals surface area contributed by atoms with Gasteiger partial charge in [-0.15, -0.1) is 6.58 Å². The predicted molar refractivity (Wildman–Crippen MR) is 88.0 cm³/mol. The van der Waals surface area contributed by atoms with E-state index in [1.54, 1.807) is 6.08 Å². The third-order valence-electron chi connectivity index (χ3n) is 3.61. The topological polar surface area (TPSA) is 83.1 Å². The van der Waals surface area contributed by atoms with Crippen LogP contribution in [0.2, 0.25) is 0 Å². The van der Waals surface area contributed by atoms with Crippen molar-refractivity contribution in [2.24, 2.45) is 0 Å². The summed E-state index contributed by atoms with van der Waals surface area (Å²) in [5.41, 5.74) is 0. The quantitative estimate of drug-likeness (QED) is 0.507. The summed E-state index contributed by atoms with van der Waals surface area (Å²) in [6.45, 7) is 9.25. The summed E-state index contributed by atoms with van der Waals surface area (Å²) in [5.74, 6) is -0.866. The van der Waals surface area contributed by atoms with Gasteiger partial charge in [0.1, 0.15) is 12.1 Å². The molecular formula is C17H27NO6. The molecule has 1 amide bonds. The minimum atomic E-state index is -0.854. The highest BCUT2D eigenvalue weighted by molar-refractivity contribution is 5.86. The lowest BCUT2D eigenvalue weighted by Crippen LogP contribution is -2.55. The summed E-state index contributed by atoms with van der Waals surface area (Å²) < 4.78 is 22.0. The van der Waals surface area contributed by atoms with Crippen molar-refractivity contribution in [3.05, 3.63) is 24.5 Å². The first kappa shape index (κ1) is 20.2. The van der Waals surface area contributed by atoms with Crippen LogP contribution >= 0.6 is 0 Å². The second-order valence-corrected chi connectivity index (χ2v) is 5.40. The molecule has 0 bridgehead atoms. The van der Waals surface area contributed by atoms with Gasteiger partial charge in [-0.05, 0) is 18.9 Å². The molecule has 1 heterocycles. The fourth-order valence-electron chi connectivity index (χ4n) is 2.36. The molecule has 0 aromatic rings. The van der Waals surface area contributed by atoms with Crippen LogP contribution in [0, 0.1) is 0 Å². The van der Waals surface area contributed by atoms with Gasteiger partial charge in [0, 0.05) is 6.92 Å². The molecule has 1 aliphatic rings. The zero-order valence-corrected chi connectivity index (χ0v) is 14.7. The Labute approximate surface area is 143 Å². The van der Waals surface area contributed by atoms with Gasteiger partial charge < -0.3 is 24.3 Å². The average molecular weight is 341 g/mol. The fourth-order valence-corrected chi connectivity index (χ4v) is 2.36. The largest absolute Gasteiger partial charge is 0.463 e. The Morgan fingerprint density at radius 2 is 2.08 bits per heavy atom. The lowest BCUT2D eigenvalue weighted by molar-refractivity contribution is -0.197. The number of carbonyl (C=O) groups is 2. The maximum atomic E-state index is 11.9. The highest BCUT2D eigenvalue weighted by Crippen LogP contribution is 2.24. The van der Waals surface area contributed by atoms with Crippen LogP contribution in [0.3, 0.4) is 0 Å². The number of esters is 1. The molecule has 0 aromatic carbocycles. The molecule has 7 heteroatoms. The first-order valence-corrected chi connectivity index (χ1v) is 8.08. The molecule has 3 atom stereocenters. The number of hydrogen-bond acceptors (Lipinski definition) is 6. The second kappa shape index (κ2) is 10.1. The molecule has 1 rings (SSSR count). The molecule has 0 radical (unpaired) electrons. The molecule has 0 fully saturated rings. The van der Waals surface area contributed by atoms with Gasteiger partial charge >= 0.3 is 5.97 Å². The minimum absolute atomic E-state index is 0.00382. The number of hydrogen-bond donors (Lipinski definition) is 1. The van der Waals surface area contributed by atoms with Crippen LogP contribution in [0.4, 0.5) is 0 Å². The average Bonchev–Trinajstić information content (AvgIpc) is 2.58. The highest BCUT2D eigenvalue weighted by Gasteiger charge is 2.40. The van der Waals surface area contributed by atoms with Crippen molar-refractivity contribution >= 4 is 11.9 Å². The van der Waals surface area contributed by atoms with E-state index in [2.05, 4.69) is 11.9 Å². The van der Waals surface area contributed by atoms with Crippen molar-refractivity contribution in [2.45, 2.75) is 58.2 Å². The Bertz CT molecular complexity index is 472. The summed E-state index contributed by atoms with van der Waals surface area (Å²) in [6.07, 6.45) is 3.10. The molecule has 0 spiro atoms. The van der Waals surface area contributed by atoms with E-state index >= 15 is 0 Å². The normalized spacial score (nSPS) is 23.2. The Balaban J connectivity index is 3.10. The van der Waals surface area contributed by atoms with Gasteiger partial charge in [-0.3, -0.25) is 4.79 Å². The smallest absolute Gasteiger partial charge is 0.373 e. The minimum Gasteiger partial charge on any atom is -0.463 e. The summed E-state index contributed by atoms with van der Waals surface area (Å²) in [5, 5.41) is 2.78. The zero-order valence-electron chi connectivity index (χ0n) is 14.7. The Morgan fingerprint density at radius 3 is 2.58 bits per heavy atom. The van der Waals surface area contributed by atoms with E-state index in [1.165, 1.54) is 20.1 Å². The van der Waals surface area contributed by atoms with Crippen molar-refractivity contribution in [3.8, 4) is 0 Å².